The van der Waals surface area contributed by atoms with Crippen LogP contribution in [0.1, 0.15) is 0 Å². The molecule has 0 radical (unpaired) electrons. The Morgan fingerprint density at radius 2 is 2.18 bits per heavy atom. The molecule has 92 valence electrons. The third-order valence-corrected chi connectivity index (χ3v) is 2.52. The van der Waals surface area contributed by atoms with Gasteiger partial charge in [-0.3, -0.25) is 0 Å². The summed E-state index contributed by atoms with van der Waals surface area (Å²) in [5.41, 5.74) is 7.02. The summed E-state index contributed by atoms with van der Waals surface area (Å²) in [5.74, 6) is 0.384. The van der Waals surface area contributed by atoms with Crippen molar-refractivity contribution in [3.8, 4) is 0 Å². The number of rotatable bonds is 5. The zero-order valence-corrected chi connectivity index (χ0v) is 9.83. The number of methoxy groups -OCH3 is 2. The third-order valence-electron chi connectivity index (χ3n) is 2.52. The molecule has 2 rings (SSSR count). The number of hydrogen-bond donors (Lipinski definition) is 1. The summed E-state index contributed by atoms with van der Waals surface area (Å²) in [6.45, 7) is 1.12. The Bertz CT molecular complexity index is 498. The lowest BCUT2D eigenvalue weighted by molar-refractivity contribution is 0.0189. The van der Waals surface area contributed by atoms with Crippen molar-refractivity contribution >= 4 is 17.0 Å². The number of hydrogen-bond acceptors (Lipinski definition) is 6. The Labute approximate surface area is 98.6 Å². The SMILES string of the molecule is COC[C@H](Cn1cnc2c(N)ncnc21)OC. The third kappa shape index (κ3) is 2.34. The second-order valence-corrected chi connectivity index (χ2v) is 3.64. The topological polar surface area (TPSA) is 88.1 Å². The lowest BCUT2D eigenvalue weighted by Crippen LogP contribution is -2.23. The highest BCUT2D eigenvalue weighted by Crippen LogP contribution is 2.14. The summed E-state index contributed by atoms with van der Waals surface area (Å²) >= 11 is 0. The fourth-order valence-electron chi connectivity index (χ4n) is 1.63. The van der Waals surface area contributed by atoms with Crippen LogP contribution in [0.15, 0.2) is 12.7 Å². The molecule has 7 heteroatoms. The largest absolute Gasteiger partial charge is 0.382 e. The maximum Gasteiger partial charge on any atom is 0.165 e. The standard InChI is InChI=1S/C10H15N5O2/c1-16-4-7(17-2)3-15-6-14-8-9(11)12-5-13-10(8)15/h5-7H,3-4H2,1-2H3,(H2,11,12,13)/t7-/m0/s1. The van der Waals surface area contributed by atoms with Gasteiger partial charge in [-0.15, -0.1) is 0 Å². The average Bonchev–Trinajstić information content (AvgIpc) is 2.73. The number of nitrogens with zero attached hydrogens (tertiary/aromatic N) is 4. The van der Waals surface area contributed by atoms with E-state index in [4.69, 9.17) is 15.2 Å². The van der Waals surface area contributed by atoms with Gasteiger partial charge in [0.2, 0.25) is 0 Å². The normalized spacial score (nSPS) is 13.1. The Morgan fingerprint density at radius 3 is 2.88 bits per heavy atom. The van der Waals surface area contributed by atoms with Crippen molar-refractivity contribution in [3.05, 3.63) is 12.7 Å². The van der Waals surface area contributed by atoms with Crippen LogP contribution in [0, 0.1) is 0 Å². The van der Waals surface area contributed by atoms with Crippen LogP contribution in [-0.2, 0) is 16.0 Å². The molecule has 0 unspecified atom stereocenters. The Hall–Kier alpha value is -1.73. The molecule has 7 nitrogen and oxygen atoms in total. The van der Waals surface area contributed by atoms with Crippen molar-refractivity contribution in [2.45, 2.75) is 12.6 Å². The van der Waals surface area contributed by atoms with Gasteiger partial charge in [0, 0.05) is 14.2 Å². The predicted molar refractivity (Wildman–Crippen MR) is 62.4 cm³/mol. The summed E-state index contributed by atoms with van der Waals surface area (Å²) < 4.78 is 12.2. The molecule has 0 bridgehead atoms. The highest BCUT2D eigenvalue weighted by molar-refractivity contribution is 5.81. The van der Waals surface area contributed by atoms with Crippen molar-refractivity contribution in [1.82, 2.24) is 19.5 Å². The summed E-state index contributed by atoms with van der Waals surface area (Å²) in [6, 6.07) is 0. The van der Waals surface area contributed by atoms with E-state index in [1.165, 1.54) is 6.33 Å². The molecule has 0 amide bonds. The van der Waals surface area contributed by atoms with E-state index in [1.54, 1.807) is 20.5 Å². The van der Waals surface area contributed by atoms with E-state index < -0.39 is 0 Å². The van der Waals surface area contributed by atoms with Crippen LogP contribution in [0.2, 0.25) is 0 Å². The van der Waals surface area contributed by atoms with Gasteiger partial charge in [0.25, 0.3) is 0 Å². The van der Waals surface area contributed by atoms with Gasteiger partial charge in [-0.1, -0.05) is 0 Å². The van der Waals surface area contributed by atoms with Crippen LogP contribution < -0.4 is 5.73 Å². The molecule has 2 heterocycles. The summed E-state index contributed by atoms with van der Waals surface area (Å²) in [6.07, 6.45) is 3.05. The van der Waals surface area contributed by atoms with Crippen LogP contribution in [0.5, 0.6) is 0 Å². The minimum Gasteiger partial charge on any atom is -0.382 e. The molecule has 0 aliphatic heterocycles. The minimum atomic E-state index is -0.0476. The van der Waals surface area contributed by atoms with Gasteiger partial charge in [-0.2, -0.15) is 0 Å². The first-order valence-electron chi connectivity index (χ1n) is 5.19. The van der Waals surface area contributed by atoms with Crippen LogP contribution in [0.3, 0.4) is 0 Å². The van der Waals surface area contributed by atoms with E-state index in [-0.39, 0.29) is 6.10 Å². The first kappa shape index (κ1) is 11.7. The van der Waals surface area contributed by atoms with E-state index in [0.29, 0.717) is 30.1 Å². The van der Waals surface area contributed by atoms with Crippen LogP contribution >= 0.6 is 0 Å². The number of ether oxygens (including phenoxy) is 2. The summed E-state index contributed by atoms with van der Waals surface area (Å²) in [4.78, 5) is 12.2. The van der Waals surface area contributed by atoms with Crippen molar-refractivity contribution < 1.29 is 9.47 Å². The molecule has 2 N–H and O–H groups in total. The maximum absolute atomic E-state index is 5.71. The Morgan fingerprint density at radius 1 is 1.35 bits per heavy atom. The number of fused-ring (bicyclic) bond motifs is 1. The molecule has 0 saturated heterocycles. The lowest BCUT2D eigenvalue weighted by atomic mass is 10.3. The Balaban J connectivity index is 2.27. The van der Waals surface area contributed by atoms with Gasteiger partial charge in [0.05, 0.1) is 25.6 Å². The average molecular weight is 237 g/mol. The molecule has 1 atom stereocenters. The maximum atomic E-state index is 5.71. The highest BCUT2D eigenvalue weighted by atomic mass is 16.5. The lowest BCUT2D eigenvalue weighted by Gasteiger charge is -2.14. The molecule has 0 aromatic carbocycles. The number of imidazole rings is 1. The van der Waals surface area contributed by atoms with Crippen LogP contribution in [0.25, 0.3) is 11.2 Å². The monoisotopic (exact) mass is 237 g/mol. The van der Waals surface area contributed by atoms with E-state index in [0.717, 1.165) is 0 Å². The zero-order valence-electron chi connectivity index (χ0n) is 9.83. The molecule has 0 fully saturated rings. The van der Waals surface area contributed by atoms with E-state index in [9.17, 15) is 0 Å². The number of aromatic nitrogens is 4. The predicted octanol–water partition coefficient (Wildman–Crippen LogP) is 0.0699. The van der Waals surface area contributed by atoms with Crippen molar-refractivity contribution in [1.29, 1.82) is 0 Å². The molecular formula is C10H15N5O2. The first-order chi connectivity index (χ1) is 8.26. The van der Waals surface area contributed by atoms with Gasteiger partial charge in [0.15, 0.2) is 11.5 Å². The fraction of sp³-hybridized carbons (Fsp3) is 0.500. The number of nitrogen functional groups attached to an aromatic ring is 1. The van der Waals surface area contributed by atoms with Gasteiger partial charge >= 0.3 is 0 Å². The first-order valence-corrected chi connectivity index (χ1v) is 5.19. The van der Waals surface area contributed by atoms with Gasteiger partial charge < -0.3 is 19.8 Å². The molecule has 2 aromatic heterocycles. The Kier molecular flexibility index (Phi) is 3.50. The molecular weight excluding hydrogens is 222 g/mol. The van der Waals surface area contributed by atoms with Gasteiger partial charge in [0.1, 0.15) is 11.8 Å². The molecule has 17 heavy (non-hydrogen) atoms. The van der Waals surface area contributed by atoms with E-state index in [2.05, 4.69) is 15.0 Å². The second kappa shape index (κ2) is 5.07. The minimum absolute atomic E-state index is 0.0476. The smallest absolute Gasteiger partial charge is 0.165 e. The van der Waals surface area contributed by atoms with E-state index in [1.807, 2.05) is 4.57 Å². The van der Waals surface area contributed by atoms with Crippen LogP contribution in [0.4, 0.5) is 5.82 Å². The quantitative estimate of drug-likeness (QED) is 0.791. The molecule has 0 aliphatic rings. The molecule has 0 spiro atoms. The second-order valence-electron chi connectivity index (χ2n) is 3.64. The van der Waals surface area contributed by atoms with E-state index >= 15 is 0 Å². The molecule has 0 aliphatic carbocycles. The van der Waals surface area contributed by atoms with Crippen molar-refractivity contribution in [3.63, 3.8) is 0 Å². The summed E-state index contributed by atoms with van der Waals surface area (Å²) in [5, 5.41) is 0. The molecule has 0 saturated carbocycles. The molecule has 2 aromatic rings. The fourth-order valence-corrected chi connectivity index (χ4v) is 1.63. The summed E-state index contributed by atoms with van der Waals surface area (Å²) in [7, 11) is 3.28. The zero-order chi connectivity index (χ0) is 12.3. The number of nitrogens with two attached hydrogens (primary N) is 1. The number of anilines is 1. The van der Waals surface area contributed by atoms with Crippen LogP contribution in [-0.4, -0.2) is 46.4 Å². The van der Waals surface area contributed by atoms with Gasteiger partial charge in [-0.05, 0) is 0 Å². The van der Waals surface area contributed by atoms with Crippen molar-refractivity contribution in [2.75, 3.05) is 26.6 Å². The van der Waals surface area contributed by atoms with Gasteiger partial charge in [-0.25, -0.2) is 15.0 Å². The highest BCUT2D eigenvalue weighted by Gasteiger charge is 2.12. The van der Waals surface area contributed by atoms with Crippen molar-refractivity contribution in [2.24, 2.45) is 0 Å².